The van der Waals surface area contributed by atoms with Crippen molar-refractivity contribution in [2.24, 2.45) is 0 Å². The molecule has 0 aliphatic rings. The van der Waals surface area contributed by atoms with Crippen LogP contribution in [0.1, 0.15) is 12.5 Å². The molecule has 0 aliphatic carbocycles. The highest BCUT2D eigenvalue weighted by molar-refractivity contribution is 6.30. The maximum Gasteiger partial charge on any atom is 0.515 e. The highest BCUT2D eigenvalue weighted by atomic mass is 35.5. The van der Waals surface area contributed by atoms with E-state index in [4.69, 9.17) is 30.5 Å². The van der Waals surface area contributed by atoms with E-state index in [0.29, 0.717) is 22.1 Å². The maximum atomic E-state index is 11.9. The summed E-state index contributed by atoms with van der Waals surface area (Å²) >= 11 is 5.97. The number of H-pyrrole nitrogens is 1. The fourth-order valence-corrected chi connectivity index (χ4v) is 3.39. The van der Waals surface area contributed by atoms with E-state index in [9.17, 15) is 4.79 Å². The van der Waals surface area contributed by atoms with E-state index < -0.39 is 6.16 Å². The number of rotatable bonds is 6. The van der Waals surface area contributed by atoms with E-state index in [1.807, 2.05) is 18.2 Å². The molecule has 7 nitrogen and oxygen atoms in total. The predicted molar refractivity (Wildman–Crippen MR) is 113 cm³/mol. The minimum Gasteiger partial charge on any atom is -0.457 e. The number of carbonyl (C=O) groups excluding carboxylic acids is 1. The van der Waals surface area contributed by atoms with Crippen LogP contribution >= 0.6 is 11.6 Å². The zero-order valence-corrected chi connectivity index (χ0v) is 17.2. The molecule has 0 saturated heterocycles. The first-order valence-corrected chi connectivity index (χ1v) is 9.67. The summed E-state index contributed by atoms with van der Waals surface area (Å²) < 4.78 is 21.7. The van der Waals surface area contributed by atoms with Crippen LogP contribution in [0.5, 0.6) is 17.4 Å². The van der Waals surface area contributed by atoms with Crippen molar-refractivity contribution in [2.75, 3.05) is 13.7 Å². The van der Waals surface area contributed by atoms with E-state index in [0.717, 1.165) is 21.8 Å². The molecule has 30 heavy (non-hydrogen) atoms. The van der Waals surface area contributed by atoms with Crippen molar-refractivity contribution < 1.29 is 23.7 Å². The highest BCUT2D eigenvalue weighted by Gasteiger charge is 2.20. The smallest absolute Gasteiger partial charge is 0.457 e. The Morgan fingerprint density at radius 2 is 1.90 bits per heavy atom. The number of halogens is 1. The average Bonchev–Trinajstić information content (AvgIpc) is 3.11. The van der Waals surface area contributed by atoms with E-state index in [1.54, 1.807) is 44.5 Å². The molecule has 0 spiro atoms. The van der Waals surface area contributed by atoms with Gasteiger partial charge in [0.05, 0.1) is 41.4 Å². The van der Waals surface area contributed by atoms with Crippen molar-refractivity contribution in [2.45, 2.75) is 13.5 Å². The van der Waals surface area contributed by atoms with Gasteiger partial charge in [-0.15, -0.1) is 0 Å². The number of ether oxygens (including phenoxy) is 4. The molecule has 154 valence electrons. The number of aromatic nitrogens is 2. The van der Waals surface area contributed by atoms with Crippen molar-refractivity contribution in [3.63, 3.8) is 0 Å². The molecule has 0 unspecified atom stereocenters. The third-order valence-corrected chi connectivity index (χ3v) is 4.71. The van der Waals surface area contributed by atoms with Gasteiger partial charge in [0.2, 0.25) is 5.88 Å². The molecule has 0 saturated carbocycles. The number of nitrogens with one attached hydrogen (secondary N) is 1. The van der Waals surface area contributed by atoms with Crippen molar-refractivity contribution >= 4 is 39.6 Å². The fraction of sp³-hybridized carbons (Fsp3) is 0.182. The first-order chi connectivity index (χ1) is 14.6. The molecule has 8 heteroatoms. The highest BCUT2D eigenvalue weighted by Crippen LogP contribution is 2.39. The second kappa shape index (κ2) is 8.61. The number of pyridine rings is 1. The Kier molecular flexibility index (Phi) is 5.74. The number of fused-ring (bicyclic) bond motifs is 3. The van der Waals surface area contributed by atoms with Gasteiger partial charge in [-0.1, -0.05) is 17.7 Å². The van der Waals surface area contributed by atoms with Gasteiger partial charge in [-0.25, -0.2) is 9.78 Å². The first kappa shape index (κ1) is 20.0. The summed E-state index contributed by atoms with van der Waals surface area (Å²) in [5.74, 6) is 1.41. The number of benzene rings is 2. The molecule has 0 atom stereocenters. The zero-order chi connectivity index (χ0) is 21.1. The molecule has 0 fully saturated rings. The number of aromatic amines is 1. The van der Waals surface area contributed by atoms with Crippen molar-refractivity contribution in [1.29, 1.82) is 0 Å². The number of carbonyl (C=O) groups is 1. The van der Waals surface area contributed by atoms with Crippen LogP contribution in [0.3, 0.4) is 0 Å². The number of nitrogens with zero attached hydrogens (tertiary/aromatic N) is 1. The first-order valence-electron chi connectivity index (χ1n) is 9.30. The zero-order valence-electron chi connectivity index (χ0n) is 16.4. The van der Waals surface area contributed by atoms with Crippen molar-refractivity contribution in [3.8, 4) is 17.4 Å². The van der Waals surface area contributed by atoms with Gasteiger partial charge in [0.25, 0.3) is 0 Å². The second-order valence-corrected chi connectivity index (χ2v) is 6.84. The van der Waals surface area contributed by atoms with Crippen LogP contribution in [0.2, 0.25) is 5.02 Å². The quantitative estimate of drug-likeness (QED) is 0.390. The third-order valence-electron chi connectivity index (χ3n) is 4.46. The molecule has 2 aromatic carbocycles. The fourth-order valence-electron chi connectivity index (χ4n) is 3.26. The van der Waals surface area contributed by atoms with Gasteiger partial charge in [-0.05, 0) is 43.3 Å². The molecule has 0 amide bonds. The van der Waals surface area contributed by atoms with Crippen LogP contribution < -0.4 is 9.47 Å². The molecule has 0 radical (unpaired) electrons. The van der Waals surface area contributed by atoms with Crippen LogP contribution in [0.25, 0.3) is 21.8 Å². The van der Waals surface area contributed by atoms with Crippen molar-refractivity contribution in [3.05, 3.63) is 59.2 Å². The lowest BCUT2D eigenvalue weighted by Gasteiger charge is -2.11. The Hall–Kier alpha value is -3.29. The lowest BCUT2D eigenvalue weighted by Crippen LogP contribution is -2.12. The van der Waals surface area contributed by atoms with Crippen LogP contribution in [-0.4, -0.2) is 29.8 Å². The summed E-state index contributed by atoms with van der Waals surface area (Å²) in [7, 11) is 1.56. The van der Waals surface area contributed by atoms with Gasteiger partial charge < -0.3 is 23.9 Å². The third kappa shape index (κ3) is 3.90. The summed E-state index contributed by atoms with van der Waals surface area (Å²) in [6.07, 6.45) is 0.786. The van der Waals surface area contributed by atoms with Crippen LogP contribution in [0.15, 0.2) is 48.7 Å². The van der Waals surface area contributed by atoms with Gasteiger partial charge in [0, 0.05) is 17.5 Å². The molecule has 4 aromatic rings. The van der Waals surface area contributed by atoms with E-state index in [2.05, 4.69) is 9.97 Å². The Morgan fingerprint density at radius 3 is 2.63 bits per heavy atom. The Morgan fingerprint density at radius 1 is 1.10 bits per heavy atom. The Bertz CT molecular complexity index is 1200. The molecule has 2 aromatic heterocycles. The van der Waals surface area contributed by atoms with Gasteiger partial charge in [0.1, 0.15) is 11.5 Å². The average molecular weight is 427 g/mol. The Labute approximate surface area is 177 Å². The number of hydrogen-bond acceptors (Lipinski definition) is 6. The largest absolute Gasteiger partial charge is 0.515 e. The van der Waals surface area contributed by atoms with Crippen LogP contribution in [0, 0.1) is 0 Å². The van der Waals surface area contributed by atoms with Gasteiger partial charge in [-0.3, -0.25) is 0 Å². The van der Waals surface area contributed by atoms with Crippen LogP contribution in [-0.2, 0) is 16.1 Å². The summed E-state index contributed by atoms with van der Waals surface area (Å²) in [6, 6.07) is 12.8. The van der Waals surface area contributed by atoms with Gasteiger partial charge in [0.15, 0.2) is 0 Å². The molecular weight excluding hydrogens is 408 g/mol. The minimum atomic E-state index is -0.820. The predicted octanol–water partition coefficient (Wildman–Crippen LogP) is 5.84. The maximum absolute atomic E-state index is 11.9. The molecule has 2 heterocycles. The summed E-state index contributed by atoms with van der Waals surface area (Å²) in [6.45, 7) is 2.09. The summed E-state index contributed by atoms with van der Waals surface area (Å²) in [5, 5.41) is 2.25. The van der Waals surface area contributed by atoms with Gasteiger partial charge >= 0.3 is 6.16 Å². The normalized spacial score (nSPS) is 11.0. The molecule has 4 rings (SSSR count). The van der Waals surface area contributed by atoms with Crippen molar-refractivity contribution in [1.82, 2.24) is 9.97 Å². The summed E-state index contributed by atoms with van der Waals surface area (Å²) in [5.41, 5.74) is 2.23. The topological polar surface area (TPSA) is 82.7 Å². The Balaban J connectivity index is 1.88. The van der Waals surface area contributed by atoms with E-state index in [1.165, 1.54) is 0 Å². The van der Waals surface area contributed by atoms with Gasteiger partial charge in [-0.2, -0.15) is 0 Å². The molecule has 1 N–H and O–H groups in total. The standard InChI is InChI=1S/C22H19ClN2O5/c1-3-28-22(26)30-21-15(12-27-2)19-17(11-24-21)25-16-5-4-6-18(20(16)19)29-14-9-7-13(23)8-10-14/h4-11,25H,3,12H2,1-2H3. The van der Waals surface area contributed by atoms with Crippen LogP contribution in [0.4, 0.5) is 4.79 Å². The number of hydrogen-bond donors (Lipinski definition) is 1. The lowest BCUT2D eigenvalue weighted by molar-refractivity contribution is 0.101. The second-order valence-electron chi connectivity index (χ2n) is 6.41. The lowest BCUT2D eigenvalue weighted by atomic mass is 10.1. The monoisotopic (exact) mass is 426 g/mol. The SMILES string of the molecule is CCOC(=O)Oc1ncc2[nH]c3cccc(Oc4ccc(Cl)cc4)c3c2c1COC. The number of methoxy groups -OCH3 is 1. The van der Waals surface area contributed by atoms with E-state index in [-0.39, 0.29) is 19.1 Å². The minimum absolute atomic E-state index is 0.130. The summed E-state index contributed by atoms with van der Waals surface area (Å²) in [4.78, 5) is 19.5. The molecule has 0 aliphatic heterocycles. The molecular formula is C22H19ClN2O5. The van der Waals surface area contributed by atoms with E-state index >= 15 is 0 Å². The molecule has 0 bridgehead atoms.